The van der Waals surface area contributed by atoms with Crippen molar-refractivity contribution in [2.45, 2.75) is 64.6 Å². The number of amides is 1. The first kappa shape index (κ1) is 19.9. The first-order chi connectivity index (χ1) is 10.5. The fraction of sp³-hybridized carbons (Fsp3) is 0.722. The molecule has 5 nitrogen and oxygen atoms in total. The molecule has 1 heterocycles. The third kappa shape index (κ3) is 5.44. The number of likely N-dealkylation sites (N-methyl/N-ethyl adjacent to an activating group) is 1. The normalized spacial score (nSPS) is 18.2. The monoisotopic (exact) mass is 323 g/mol. The Morgan fingerprint density at radius 3 is 2.30 bits per heavy atom. The van der Waals surface area contributed by atoms with Crippen molar-refractivity contribution < 1.29 is 9.90 Å². The van der Waals surface area contributed by atoms with Crippen molar-refractivity contribution >= 4 is 5.91 Å². The summed E-state index contributed by atoms with van der Waals surface area (Å²) in [5.41, 5.74) is -0.339. The summed E-state index contributed by atoms with van der Waals surface area (Å²) in [5, 5.41) is 16.2. The van der Waals surface area contributed by atoms with Gasteiger partial charge in [-0.3, -0.25) is 9.69 Å². The fourth-order valence-corrected chi connectivity index (χ4v) is 2.62. The zero-order chi connectivity index (χ0) is 17.8. The maximum absolute atomic E-state index is 12.7. The van der Waals surface area contributed by atoms with Gasteiger partial charge in [-0.2, -0.15) is 0 Å². The van der Waals surface area contributed by atoms with E-state index in [0.29, 0.717) is 17.3 Å². The lowest BCUT2D eigenvalue weighted by Crippen LogP contribution is -2.58. The molecule has 0 spiro atoms. The van der Waals surface area contributed by atoms with Crippen molar-refractivity contribution in [1.82, 2.24) is 15.5 Å². The molecular weight excluding hydrogens is 290 g/mol. The molecule has 1 saturated heterocycles. The zero-order valence-corrected chi connectivity index (χ0v) is 15.5. The number of hydrogen-bond acceptors (Lipinski definition) is 4. The van der Waals surface area contributed by atoms with Gasteiger partial charge in [0.15, 0.2) is 0 Å². The van der Waals surface area contributed by atoms with Gasteiger partial charge in [0.25, 0.3) is 0 Å². The maximum atomic E-state index is 12.7. The zero-order valence-electron chi connectivity index (χ0n) is 15.5. The van der Waals surface area contributed by atoms with Gasteiger partial charge < -0.3 is 15.7 Å². The second kappa shape index (κ2) is 7.60. The minimum absolute atomic E-state index is 0.0455. The largest absolute Gasteiger partial charge is 0.386 e. The van der Waals surface area contributed by atoms with Crippen molar-refractivity contribution in [1.29, 1.82) is 0 Å². The Morgan fingerprint density at radius 1 is 1.30 bits per heavy atom. The van der Waals surface area contributed by atoms with Crippen LogP contribution in [0, 0.1) is 0 Å². The van der Waals surface area contributed by atoms with Crippen molar-refractivity contribution in [3.63, 3.8) is 0 Å². The lowest BCUT2D eigenvalue weighted by atomic mass is 9.95. The Kier molecular flexibility index (Phi) is 6.57. The number of allylic oxidation sites excluding steroid dienone is 1. The topological polar surface area (TPSA) is 64.6 Å². The molecule has 0 atom stereocenters. The Hall–Kier alpha value is -1.17. The second-order valence-corrected chi connectivity index (χ2v) is 7.52. The molecule has 0 aromatic heterocycles. The van der Waals surface area contributed by atoms with E-state index < -0.39 is 11.1 Å². The number of hydrogen-bond donors (Lipinski definition) is 3. The Bertz CT molecular complexity index is 469. The van der Waals surface area contributed by atoms with E-state index in [1.165, 1.54) is 0 Å². The first-order valence-corrected chi connectivity index (χ1v) is 8.31. The first-order valence-electron chi connectivity index (χ1n) is 8.31. The van der Waals surface area contributed by atoms with Crippen LogP contribution in [0.2, 0.25) is 0 Å². The van der Waals surface area contributed by atoms with Crippen LogP contribution in [0.1, 0.15) is 47.5 Å². The number of nitrogens with one attached hydrogen (secondary N) is 2. The molecular formula is C18H33N3O2. The van der Waals surface area contributed by atoms with Crippen LogP contribution in [0.5, 0.6) is 0 Å². The van der Waals surface area contributed by atoms with Gasteiger partial charge in [0, 0.05) is 11.7 Å². The Labute approximate surface area is 140 Å². The number of aliphatic hydroxyl groups is 1. The summed E-state index contributed by atoms with van der Waals surface area (Å²) in [7, 11) is 2.02. The summed E-state index contributed by atoms with van der Waals surface area (Å²) in [4.78, 5) is 14.9. The van der Waals surface area contributed by atoms with Crippen LogP contribution >= 0.6 is 0 Å². The van der Waals surface area contributed by atoms with Crippen LogP contribution in [-0.2, 0) is 4.79 Å². The molecule has 1 aliphatic heterocycles. The predicted octanol–water partition coefficient (Wildman–Crippen LogP) is 1.80. The molecule has 5 heteroatoms. The highest BCUT2D eigenvalue weighted by Gasteiger charge is 2.36. The number of carbonyl (C=O) groups is 1. The maximum Gasteiger partial charge on any atom is 0.244 e. The third-order valence-electron chi connectivity index (χ3n) is 4.78. The van der Waals surface area contributed by atoms with Gasteiger partial charge in [-0.05, 0) is 79.2 Å². The smallest absolute Gasteiger partial charge is 0.244 e. The number of piperidine rings is 1. The minimum Gasteiger partial charge on any atom is -0.386 e. The molecule has 3 N–H and O–H groups in total. The molecule has 1 fully saturated rings. The fourth-order valence-electron chi connectivity index (χ4n) is 2.62. The highest BCUT2D eigenvalue weighted by molar-refractivity contribution is 5.86. The SMILES string of the molecule is C=C(/C=C(\C)NC(=O)C(C)(C)N(C)C1CCNCC1)C(C)(C)O. The van der Waals surface area contributed by atoms with E-state index in [4.69, 9.17) is 0 Å². The number of carbonyl (C=O) groups excluding carboxylic acids is 1. The summed E-state index contributed by atoms with van der Waals surface area (Å²) in [6, 6.07) is 0.410. The van der Waals surface area contributed by atoms with Gasteiger partial charge in [-0.1, -0.05) is 6.58 Å². The van der Waals surface area contributed by atoms with Gasteiger partial charge in [-0.15, -0.1) is 0 Å². The minimum atomic E-state index is -0.993. The summed E-state index contributed by atoms with van der Waals surface area (Å²) >= 11 is 0. The van der Waals surface area contributed by atoms with Gasteiger partial charge in [0.05, 0.1) is 11.1 Å². The van der Waals surface area contributed by atoms with E-state index in [9.17, 15) is 9.90 Å². The molecule has 0 radical (unpaired) electrons. The molecule has 0 aliphatic carbocycles. The summed E-state index contributed by atoms with van der Waals surface area (Å²) < 4.78 is 0. The lowest BCUT2D eigenvalue weighted by molar-refractivity contribution is -0.131. The molecule has 1 rings (SSSR count). The highest BCUT2D eigenvalue weighted by Crippen LogP contribution is 2.22. The van der Waals surface area contributed by atoms with Crippen molar-refractivity contribution in [3.05, 3.63) is 23.9 Å². The van der Waals surface area contributed by atoms with Crippen LogP contribution < -0.4 is 10.6 Å². The van der Waals surface area contributed by atoms with E-state index in [0.717, 1.165) is 25.9 Å². The molecule has 0 unspecified atom stereocenters. The molecule has 132 valence electrons. The molecule has 0 saturated carbocycles. The van der Waals surface area contributed by atoms with Crippen molar-refractivity contribution in [2.24, 2.45) is 0 Å². The second-order valence-electron chi connectivity index (χ2n) is 7.52. The van der Waals surface area contributed by atoms with Crippen LogP contribution in [-0.4, -0.2) is 53.2 Å². The van der Waals surface area contributed by atoms with E-state index in [1.807, 2.05) is 27.8 Å². The quantitative estimate of drug-likeness (QED) is 0.652. The van der Waals surface area contributed by atoms with E-state index in [2.05, 4.69) is 22.1 Å². The third-order valence-corrected chi connectivity index (χ3v) is 4.78. The average Bonchev–Trinajstić information content (AvgIpc) is 2.46. The summed E-state index contributed by atoms with van der Waals surface area (Å²) in [6.07, 6.45) is 3.83. The lowest BCUT2D eigenvalue weighted by Gasteiger charge is -2.41. The molecule has 23 heavy (non-hydrogen) atoms. The Balaban J connectivity index is 2.74. The van der Waals surface area contributed by atoms with Gasteiger partial charge >= 0.3 is 0 Å². The van der Waals surface area contributed by atoms with Crippen molar-refractivity contribution in [2.75, 3.05) is 20.1 Å². The molecule has 0 bridgehead atoms. The Morgan fingerprint density at radius 2 is 1.83 bits per heavy atom. The van der Waals surface area contributed by atoms with Crippen LogP contribution in [0.25, 0.3) is 0 Å². The van der Waals surface area contributed by atoms with E-state index in [1.54, 1.807) is 19.9 Å². The van der Waals surface area contributed by atoms with E-state index in [-0.39, 0.29) is 5.91 Å². The number of rotatable bonds is 6. The summed E-state index contributed by atoms with van der Waals surface area (Å²) in [5.74, 6) is -0.0455. The predicted molar refractivity (Wildman–Crippen MR) is 95.1 cm³/mol. The molecule has 0 aromatic carbocycles. The highest BCUT2D eigenvalue weighted by atomic mass is 16.3. The van der Waals surface area contributed by atoms with E-state index >= 15 is 0 Å². The van der Waals surface area contributed by atoms with Crippen LogP contribution in [0.4, 0.5) is 0 Å². The van der Waals surface area contributed by atoms with Crippen LogP contribution in [0.15, 0.2) is 23.9 Å². The summed E-state index contributed by atoms with van der Waals surface area (Å²) in [6.45, 7) is 14.9. The molecule has 1 amide bonds. The van der Waals surface area contributed by atoms with Crippen molar-refractivity contribution in [3.8, 4) is 0 Å². The molecule has 0 aromatic rings. The van der Waals surface area contributed by atoms with Gasteiger partial charge in [-0.25, -0.2) is 0 Å². The standard InChI is InChI=1S/C18H33N3O2/c1-13(18(5,6)23)12-14(2)20-16(22)17(3,4)21(7)15-8-10-19-11-9-15/h12,15,19,23H,1,8-11H2,2-7H3,(H,20,22)/b14-12+. The average molecular weight is 323 g/mol. The van der Waals surface area contributed by atoms with Crippen LogP contribution in [0.3, 0.4) is 0 Å². The number of nitrogens with zero attached hydrogens (tertiary/aromatic N) is 1. The van der Waals surface area contributed by atoms with Gasteiger partial charge in [0.1, 0.15) is 0 Å². The molecule has 1 aliphatic rings. The van der Waals surface area contributed by atoms with Gasteiger partial charge in [0.2, 0.25) is 5.91 Å².